The fourth-order valence-electron chi connectivity index (χ4n) is 2.83. The van der Waals surface area contributed by atoms with E-state index in [2.05, 4.69) is 5.32 Å². The molecule has 0 bridgehead atoms. The fraction of sp³-hybridized carbons (Fsp3) is 0.150. The van der Waals surface area contributed by atoms with Gasteiger partial charge < -0.3 is 5.32 Å². The Hall–Kier alpha value is -2.70. The Morgan fingerprint density at radius 3 is 2.19 bits per heavy atom. The van der Waals surface area contributed by atoms with Crippen molar-refractivity contribution >= 4 is 32.4 Å². The number of rotatable bonds is 5. The van der Waals surface area contributed by atoms with Gasteiger partial charge in [0.05, 0.1) is 6.26 Å². The molecular weight excluding hydrogens is 348 g/mol. The van der Waals surface area contributed by atoms with Gasteiger partial charge in [-0.1, -0.05) is 60.7 Å². The van der Waals surface area contributed by atoms with Crippen molar-refractivity contribution in [2.75, 3.05) is 18.6 Å². The summed E-state index contributed by atoms with van der Waals surface area (Å²) in [5.41, 5.74) is 1.23. The lowest BCUT2D eigenvalue weighted by molar-refractivity contribution is -0.119. The smallest absolute Gasteiger partial charge is 0.247 e. The molecule has 0 heterocycles. The maximum absolute atomic E-state index is 12.9. The fourth-order valence-corrected chi connectivity index (χ4v) is 3.43. The molecule has 0 fully saturated rings. The Morgan fingerprint density at radius 1 is 0.923 bits per heavy atom. The molecule has 0 unspecified atom stereocenters. The van der Waals surface area contributed by atoms with Crippen LogP contribution in [0.15, 0.2) is 72.8 Å². The molecular formula is C20H20N2O3S. The molecule has 26 heavy (non-hydrogen) atoms. The van der Waals surface area contributed by atoms with Crippen LogP contribution in [0, 0.1) is 0 Å². The second-order valence-corrected chi connectivity index (χ2v) is 8.19. The van der Waals surface area contributed by atoms with Crippen LogP contribution in [0.5, 0.6) is 0 Å². The summed E-state index contributed by atoms with van der Waals surface area (Å²) in [7, 11) is -2.14. The molecule has 0 saturated carbocycles. The van der Waals surface area contributed by atoms with Crippen LogP contribution in [0.2, 0.25) is 0 Å². The second kappa shape index (κ2) is 7.27. The Balaban J connectivity index is 1.94. The summed E-state index contributed by atoms with van der Waals surface area (Å²) in [6.45, 7) is 0. The summed E-state index contributed by atoms with van der Waals surface area (Å²) in [6, 6.07) is 21.3. The number of amides is 1. The van der Waals surface area contributed by atoms with Crippen molar-refractivity contribution in [2.45, 2.75) is 6.04 Å². The highest BCUT2D eigenvalue weighted by atomic mass is 32.2. The van der Waals surface area contributed by atoms with Gasteiger partial charge in [0.25, 0.3) is 0 Å². The van der Waals surface area contributed by atoms with E-state index in [-0.39, 0.29) is 0 Å². The summed E-state index contributed by atoms with van der Waals surface area (Å²) in [4.78, 5) is 12.9. The summed E-state index contributed by atoms with van der Waals surface area (Å²) < 4.78 is 25.1. The Morgan fingerprint density at radius 2 is 1.54 bits per heavy atom. The summed E-state index contributed by atoms with van der Waals surface area (Å²) in [5.74, 6) is -0.403. The number of carbonyl (C=O) groups is 1. The monoisotopic (exact) mass is 368 g/mol. The first-order chi connectivity index (χ1) is 12.4. The Kier molecular flexibility index (Phi) is 5.06. The summed E-state index contributed by atoms with van der Waals surface area (Å²) in [5, 5.41) is 4.91. The third kappa shape index (κ3) is 3.92. The van der Waals surface area contributed by atoms with Gasteiger partial charge in [-0.05, 0) is 28.5 Å². The number of carbonyl (C=O) groups excluding carboxylic acids is 1. The summed E-state index contributed by atoms with van der Waals surface area (Å²) in [6.07, 6.45) is 1.09. The van der Waals surface area contributed by atoms with Gasteiger partial charge in [-0.25, -0.2) is 8.42 Å². The van der Waals surface area contributed by atoms with Crippen LogP contribution in [0.3, 0.4) is 0 Å². The minimum atomic E-state index is -3.55. The van der Waals surface area contributed by atoms with E-state index in [0.29, 0.717) is 11.3 Å². The van der Waals surface area contributed by atoms with Gasteiger partial charge in [-0.2, -0.15) is 4.31 Å². The normalized spacial score (nSPS) is 12.9. The summed E-state index contributed by atoms with van der Waals surface area (Å²) >= 11 is 0. The van der Waals surface area contributed by atoms with Crippen LogP contribution in [0.4, 0.5) is 5.69 Å². The molecule has 0 aliphatic carbocycles. The predicted molar refractivity (Wildman–Crippen MR) is 104 cm³/mol. The second-order valence-electron chi connectivity index (χ2n) is 6.14. The van der Waals surface area contributed by atoms with Crippen molar-refractivity contribution in [3.05, 3.63) is 78.4 Å². The number of fused-ring (bicyclic) bond motifs is 1. The zero-order chi connectivity index (χ0) is 18.7. The number of hydrogen-bond donors (Lipinski definition) is 1. The topological polar surface area (TPSA) is 66.5 Å². The van der Waals surface area contributed by atoms with Crippen molar-refractivity contribution in [1.82, 2.24) is 4.31 Å². The maximum Gasteiger partial charge on any atom is 0.247 e. The average Bonchev–Trinajstić information content (AvgIpc) is 2.62. The van der Waals surface area contributed by atoms with E-state index >= 15 is 0 Å². The van der Waals surface area contributed by atoms with Crippen LogP contribution in [0.25, 0.3) is 10.8 Å². The lowest BCUT2D eigenvalue weighted by atomic mass is 10.1. The zero-order valence-electron chi connectivity index (χ0n) is 14.6. The molecule has 0 aromatic heterocycles. The number of benzene rings is 3. The first-order valence-corrected chi connectivity index (χ1v) is 9.99. The molecule has 0 aliphatic heterocycles. The van der Waals surface area contributed by atoms with E-state index in [1.807, 2.05) is 48.5 Å². The Bertz CT molecular complexity index is 1030. The highest BCUT2D eigenvalue weighted by Gasteiger charge is 2.30. The first kappa shape index (κ1) is 18.1. The minimum absolute atomic E-state index is 0.403. The highest BCUT2D eigenvalue weighted by molar-refractivity contribution is 7.88. The van der Waals surface area contributed by atoms with Gasteiger partial charge in [0.15, 0.2) is 0 Å². The predicted octanol–water partition coefficient (Wildman–Crippen LogP) is 3.41. The van der Waals surface area contributed by atoms with E-state index in [1.165, 1.54) is 7.05 Å². The van der Waals surface area contributed by atoms with Gasteiger partial charge in [0, 0.05) is 12.7 Å². The number of anilines is 1. The van der Waals surface area contributed by atoms with Crippen LogP contribution in [0.1, 0.15) is 11.6 Å². The van der Waals surface area contributed by atoms with Crippen molar-refractivity contribution in [1.29, 1.82) is 0 Å². The third-order valence-electron chi connectivity index (χ3n) is 4.27. The van der Waals surface area contributed by atoms with E-state index in [1.54, 1.807) is 24.3 Å². The molecule has 3 aromatic rings. The van der Waals surface area contributed by atoms with E-state index < -0.39 is 22.0 Å². The SMILES string of the molecule is CN([C@H](C(=O)Nc1ccc2ccccc2c1)c1ccccc1)S(C)(=O)=O. The molecule has 3 rings (SSSR count). The zero-order valence-corrected chi connectivity index (χ0v) is 15.4. The number of sulfonamides is 1. The first-order valence-electron chi connectivity index (χ1n) is 8.14. The number of hydrogen-bond acceptors (Lipinski definition) is 3. The van der Waals surface area contributed by atoms with Crippen molar-refractivity contribution < 1.29 is 13.2 Å². The van der Waals surface area contributed by atoms with Crippen molar-refractivity contribution in [3.63, 3.8) is 0 Å². The minimum Gasteiger partial charge on any atom is -0.324 e. The largest absolute Gasteiger partial charge is 0.324 e. The molecule has 1 atom stereocenters. The van der Waals surface area contributed by atoms with Crippen LogP contribution in [-0.4, -0.2) is 31.9 Å². The number of likely N-dealkylation sites (N-methyl/N-ethyl adjacent to an activating group) is 1. The van der Waals surface area contributed by atoms with E-state index in [9.17, 15) is 13.2 Å². The average molecular weight is 368 g/mol. The molecule has 0 aliphatic rings. The van der Waals surface area contributed by atoms with Gasteiger partial charge in [-0.15, -0.1) is 0 Å². The molecule has 5 nitrogen and oxygen atoms in total. The van der Waals surface area contributed by atoms with Crippen molar-refractivity contribution in [2.24, 2.45) is 0 Å². The van der Waals surface area contributed by atoms with Gasteiger partial charge in [0.2, 0.25) is 15.9 Å². The highest BCUT2D eigenvalue weighted by Crippen LogP contribution is 2.25. The molecule has 1 amide bonds. The molecule has 1 N–H and O–H groups in total. The lowest BCUT2D eigenvalue weighted by Crippen LogP contribution is -2.38. The molecule has 0 saturated heterocycles. The van der Waals surface area contributed by atoms with Crippen LogP contribution in [-0.2, 0) is 14.8 Å². The van der Waals surface area contributed by atoms with Crippen LogP contribution < -0.4 is 5.32 Å². The number of nitrogens with zero attached hydrogens (tertiary/aromatic N) is 1. The van der Waals surface area contributed by atoms with Crippen LogP contribution >= 0.6 is 0 Å². The third-order valence-corrected chi connectivity index (χ3v) is 5.52. The Labute approximate surface area is 153 Å². The molecule has 0 spiro atoms. The van der Waals surface area contributed by atoms with Gasteiger partial charge in [0.1, 0.15) is 6.04 Å². The molecule has 6 heteroatoms. The van der Waals surface area contributed by atoms with Gasteiger partial charge >= 0.3 is 0 Å². The van der Waals surface area contributed by atoms with Gasteiger partial charge in [-0.3, -0.25) is 4.79 Å². The molecule has 134 valence electrons. The maximum atomic E-state index is 12.9. The standard InChI is InChI=1S/C20H20N2O3S/c1-22(26(2,24)25)19(16-9-4-3-5-10-16)20(23)21-18-13-12-15-8-6-7-11-17(15)14-18/h3-14,19H,1-2H3,(H,21,23)/t19-/m0/s1. The lowest BCUT2D eigenvalue weighted by Gasteiger charge is -2.25. The number of nitrogens with one attached hydrogen (secondary N) is 1. The van der Waals surface area contributed by atoms with E-state index in [0.717, 1.165) is 21.3 Å². The molecule has 0 radical (unpaired) electrons. The van der Waals surface area contributed by atoms with Crippen molar-refractivity contribution in [3.8, 4) is 0 Å². The quantitative estimate of drug-likeness (QED) is 0.750. The van der Waals surface area contributed by atoms with E-state index in [4.69, 9.17) is 0 Å². The molecule has 3 aromatic carbocycles.